The van der Waals surface area contributed by atoms with E-state index in [2.05, 4.69) is 62.0 Å². The second kappa shape index (κ2) is 17.1. The Hall–Kier alpha value is -5.14. The zero-order valence-electron chi connectivity index (χ0n) is 31.3. The van der Waals surface area contributed by atoms with Gasteiger partial charge in [-0.1, -0.05) is 24.8 Å². The third kappa shape index (κ3) is 8.73. The number of rotatable bonds is 16. The molecule has 1 atom stereocenters. The average Bonchev–Trinajstić information content (AvgIpc) is 3.74. The Morgan fingerprint density at radius 2 is 1.60 bits per heavy atom. The summed E-state index contributed by atoms with van der Waals surface area (Å²) in [6.07, 6.45) is 9.07. The lowest BCUT2D eigenvalue weighted by atomic mass is 10.0. The van der Waals surface area contributed by atoms with Crippen LogP contribution in [0.15, 0.2) is 85.5 Å². The van der Waals surface area contributed by atoms with Crippen LogP contribution in [0.4, 0.5) is 0 Å². The molecule has 0 bridgehead atoms. The monoisotopic (exact) mass is 743 g/mol. The lowest BCUT2D eigenvalue weighted by molar-refractivity contribution is -0.126. The molecule has 6 heterocycles. The van der Waals surface area contributed by atoms with Crippen molar-refractivity contribution in [2.75, 3.05) is 72.3 Å². The smallest absolute Gasteiger partial charge is 0.255 e. The van der Waals surface area contributed by atoms with Crippen molar-refractivity contribution in [2.24, 2.45) is 0 Å². The van der Waals surface area contributed by atoms with Gasteiger partial charge in [-0.25, -0.2) is 0 Å². The predicted molar refractivity (Wildman–Crippen MR) is 212 cm³/mol. The minimum absolute atomic E-state index is 0.113. The van der Waals surface area contributed by atoms with Crippen LogP contribution in [0.1, 0.15) is 40.9 Å². The number of pyridine rings is 2. The minimum Gasteiger partial charge on any atom is -0.491 e. The lowest BCUT2D eigenvalue weighted by Gasteiger charge is -2.34. The Balaban J connectivity index is 0.655. The normalized spacial score (nSPS) is 18.0. The van der Waals surface area contributed by atoms with Gasteiger partial charge >= 0.3 is 0 Å². The first-order valence-electron chi connectivity index (χ1n) is 19.4. The molecular weight excluding hydrogens is 695 g/mol. The second-order valence-corrected chi connectivity index (χ2v) is 14.6. The van der Waals surface area contributed by atoms with Crippen molar-refractivity contribution in [2.45, 2.75) is 38.3 Å². The summed E-state index contributed by atoms with van der Waals surface area (Å²) in [4.78, 5) is 44.6. The minimum atomic E-state index is -0.468. The van der Waals surface area contributed by atoms with Gasteiger partial charge in [-0.2, -0.15) is 0 Å². The number of piperazine rings is 1. The van der Waals surface area contributed by atoms with Gasteiger partial charge < -0.3 is 34.3 Å². The van der Waals surface area contributed by atoms with Gasteiger partial charge in [0.15, 0.2) is 0 Å². The molecule has 1 unspecified atom stereocenters. The van der Waals surface area contributed by atoms with E-state index in [1.807, 2.05) is 30.7 Å². The van der Waals surface area contributed by atoms with E-state index in [4.69, 9.17) is 19.2 Å². The summed E-state index contributed by atoms with van der Waals surface area (Å²) >= 11 is 0. The number of fused-ring (bicyclic) bond motifs is 4. The van der Waals surface area contributed by atoms with Gasteiger partial charge in [-0.15, -0.1) is 0 Å². The molecule has 2 saturated heterocycles. The molecule has 12 heteroatoms. The fraction of sp³-hybridized carbons (Fsp3) is 0.395. The van der Waals surface area contributed by atoms with E-state index >= 15 is 0 Å². The van der Waals surface area contributed by atoms with Crippen LogP contribution in [-0.4, -0.2) is 120 Å². The van der Waals surface area contributed by atoms with Crippen LogP contribution in [0.2, 0.25) is 0 Å². The molecule has 0 aliphatic carbocycles. The largest absolute Gasteiger partial charge is 0.491 e. The van der Waals surface area contributed by atoms with Crippen molar-refractivity contribution in [3.8, 4) is 16.9 Å². The molecule has 286 valence electrons. The Labute approximate surface area is 321 Å². The van der Waals surface area contributed by atoms with E-state index < -0.39 is 6.04 Å². The average molecular weight is 744 g/mol. The zero-order valence-corrected chi connectivity index (χ0v) is 31.3. The molecule has 0 radical (unpaired) electrons. The highest BCUT2D eigenvalue weighted by atomic mass is 16.5. The van der Waals surface area contributed by atoms with E-state index in [-0.39, 0.29) is 11.8 Å². The highest BCUT2D eigenvalue weighted by Gasteiger charge is 2.38. The first kappa shape index (κ1) is 36.8. The topological polar surface area (TPSA) is 125 Å². The van der Waals surface area contributed by atoms with Crippen LogP contribution >= 0.6 is 0 Å². The summed E-state index contributed by atoms with van der Waals surface area (Å²) in [5, 5.41) is 5.11. The van der Waals surface area contributed by atoms with Gasteiger partial charge in [0.1, 0.15) is 18.4 Å². The van der Waals surface area contributed by atoms with E-state index in [1.165, 1.54) is 5.39 Å². The lowest BCUT2D eigenvalue weighted by Crippen LogP contribution is -2.49. The number of carbonyl (C=O) groups excluding carboxylic acids is 2. The number of hydrogen-bond donors (Lipinski definition) is 2. The maximum atomic E-state index is 12.9. The Morgan fingerprint density at radius 3 is 2.42 bits per heavy atom. The quantitative estimate of drug-likeness (QED) is 0.132. The molecule has 0 saturated carbocycles. The van der Waals surface area contributed by atoms with Crippen LogP contribution in [0.3, 0.4) is 0 Å². The molecular formula is C43H49N7O5. The van der Waals surface area contributed by atoms with E-state index in [1.54, 1.807) is 17.0 Å². The number of allylic oxidation sites excluding steroid dienone is 1. The van der Waals surface area contributed by atoms with Crippen LogP contribution in [0, 0.1) is 0 Å². The van der Waals surface area contributed by atoms with E-state index in [9.17, 15) is 9.59 Å². The van der Waals surface area contributed by atoms with Crippen LogP contribution in [0.25, 0.3) is 32.9 Å². The number of amides is 2. The molecule has 2 fully saturated rings. The molecule has 3 aliphatic heterocycles. The summed E-state index contributed by atoms with van der Waals surface area (Å²) in [6, 6.07) is 17.9. The SMILES string of the molecule is C=C1CCC(N2Cc3cc(OCCOCCOCCN4CCN(CCCc5ccc(-c6ccc7c(c6)[nH]c6ccncc67)cn5)CC4)ccc3C2=O)C(=O)N1. The van der Waals surface area contributed by atoms with Gasteiger partial charge in [0.05, 0.1) is 26.4 Å². The van der Waals surface area contributed by atoms with Gasteiger partial charge in [-0.05, 0) is 79.8 Å². The van der Waals surface area contributed by atoms with Crippen molar-refractivity contribution in [1.29, 1.82) is 0 Å². The third-order valence-corrected chi connectivity index (χ3v) is 11.0. The molecule has 0 spiro atoms. The van der Waals surface area contributed by atoms with Crippen molar-refractivity contribution in [1.82, 2.24) is 35.0 Å². The summed E-state index contributed by atoms with van der Waals surface area (Å²) in [5.74, 6) is 0.410. The molecule has 2 amide bonds. The molecule has 2 N–H and O–H groups in total. The highest BCUT2D eigenvalue weighted by molar-refractivity contribution is 6.07. The first-order valence-corrected chi connectivity index (χ1v) is 19.4. The molecule has 55 heavy (non-hydrogen) atoms. The van der Waals surface area contributed by atoms with Gasteiger partial charge in [0.25, 0.3) is 5.91 Å². The number of carbonyl (C=O) groups is 2. The standard InChI is InChI=1S/C43H49N7O5/c1-30-4-11-41(42(51)46-30)50-29-33-25-35(8-10-36(33)43(50)52)55-24-23-54-22-21-53-20-19-49-17-15-48(16-18-49)14-2-3-34-7-5-32(27-45-34)31-6-9-37-38-28-44-13-12-39(38)47-40(37)26-31/h5-10,12-13,25-28,41,47H,1-4,11,14-24,29H2,(H,46,51). The fourth-order valence-electron chi connectivity index (χ4n) is 7.84. The second-order valence-electron chi connectivity index (χ2n) is 14.6. The van der Waals surface area contributed by atoms with E-state index in [0.29, 0.717) is 69.4 Å². The summed E-state index contributed by atoms with van der Waals surface area (Å²) in [5.41, 5.74) is 7.85. The van der Waals surface area contributed by atoms with Crippen molar-refractivity contribution >= 4 is 33.6 Å². The molecule has 8 rings (SSSR count). The Bertz CT molecular complexity index is 2140. The molecule has 2 aromatic carbocycles. The highest BCUT2D eigenvalue weighted by Crippen LogP contribution is 2.31. The number of benzene rings is 2. The van der Waals surface area contributed by atoms with Crippen LogP contribution in [-0.2, 0) is 27.2 Å². The third-order valence-electron chi connectivity index (χ3n) is 11.0. The number of nitrogens with one attached hydrogen (secondary N) is 2. The van der Waals surface area contributed by atoms with Gasteiger partial charge in [0, 0.05) is 102 Å². The number of aromatic amines is 1. The first-order chi connectivity index (χ1) is 27.0. The van der Waals surface area contributed by atoms with Crippen LogP contribution in [0.5, 0.6) is 5.75 Å². The molecule has 3 aromatic heterocycles. The van der Waals surface area contributed by atoms with Crippen molar-refractivity contribution in [3.05, 3.63) is 102 Å². The Morgan fingerprint density at radius 1 is 0.800 bits per heavy atom. The maximum absolute atomic E-state index is 12.9. The zero-order chi connectivity index (χ0) is 37.6. The molecule has 5 aromatic rings. The summed E-state index contributed by atoms with van der Waals surface area (Å²) < 4.78 is 17.4. The number of ether oxygens (including phenoxy) is 3. The summed E-state index contributed by atoms with van der Waals surface area (Å²) in [7, 11) is 0. The van der Waals surface area contributed by atoms with E-state index in [0.717, 1.165) is 90.9 Å². The predicted octanol–water partition coefficient (Wildman–Crippen LogP) is 5.19. The fourth-order valence-corrected chi connectivity index (χ4v) is 7.84. The maximum Gasteiger partial charge on any atom is 0.255 e. The Kier molecular flexibility index (Phi) is 11.5. The number of aromatic nitrogens is 3. The number of aryl methyl sites for hydroxylation is 1. The molecule has 3 aliphatic rings. The van der Waals surface area contributed by atoms with Crippen LogP contribution < -0.4 is 10.1 Å². The number of H-pyrrole nitrogens is 1. The summed E-state index contributed by atoms with van der Waals surface area (Å²) in [6.45, 7) is 13.1. The van der Waals surface area contributed by atoms with Gasteiger partial charge in [0.2, 0.25) is 5.91 Å². The molecule has 12 nitrogen and oxygen atoms in total. The van der Waals surface area contributed by atoms with Gasteiger partial charge in [-0.3, -0.25) is 24.5 Å². The van der Waals surface area contributed by atoms with Crippen molar-refractivity contribution < 1.29 is 23.8 Å². The van der Waals surface area contributed by atoms with Crippen molar-refractivity contribution in [3.63, 3.8) is 0 Å². The number of hydrogen-bond acceptors (Lipinski definition) is 9. The number of piperidine rings is 1. The number of nitrogens with zero attached hydrogens (tertiary/aromatic N) is 5.